The Morgan fingerprint density at radius 2 is 1.58 bits per heavy atom. The molecular formula is C40H53N2O+. The largest absolute Gasteiger partial charge is 0.396 e. The Morgan fingerprint density at radius 3 is 2.33 bits per heavy atom. The van der Waals surface area contributed by atoms with Crippen molar-refractivity contribution in [2.45, 2.75) is 104 Å². The molecule has 228 valence electrons. The van der Waals surface area contributed by atoms with Crippen molar-refractivity contribution >= 4 is 17.1 Å². The minimum atomic E-state index is -0.0244. The van der Waals surface area contributed by atoms with E-state index in [1.807, 2.05) is 0 Å². The average Bonchev–Trinajstić information content (AvgIpc) is 3.35. The van der Waals surface area contributed by atoms with E-state index in [1.165, 1.54) is 57.1 Å². The second-order valence-corrected chi connectivity index (χ2v) is 13.6. The third-order valence-electron chi connectivity index (χ3n) is 9.88. The molecule has 0 atom stereocenters. The maximum atomic E-state index is 9.60. The molecule has 0 saturated heterocycles. The van der Waals surface area contributed by atoms with Crippen LogP contribution in [0.1, 0.15) is 104 Å². The number of aliphatic hydroxyl groups excluding tert-OH is 1. The number of anilines is 1. The number of rotatable bonds is 11. The number of allylic oxidation sites excluding steroid dienone is 8. The third-order valence-corrected chi connectivity index (χ3v) is 9.88. The summed E-state index contributed by atoms with van der Waals surface area (Å²) >= 11 is 0. The zero-order valence-corrected chi connectivity index (χ0v) is 27.5. The Hall–Kier alpha value is -3.17. The molecule has 0 spiro atoms. The lowest BCUT2D eigenvalue weighted by atomic mass is 9.80. The van der Waals surface area contributed by atoms with Crippen molar-refractivity contribution in [1.82, 2.24) is 0 Å². The minimum Gasteiger partial charge on any atom is -0.396 e. The third kappa shape index (κ3) is 5.98. The molecule has 0 unspecified atom stereocenters. The first-order chi connectivity index (χ1) is 20.7. The summed E-state index contributed by atoms with van der Waals surface area (Å²) in [5, 5.41) is 9.60. The number of aliphatic hydroxyl groups is 1. The summed E-state index contributed by atoms with van der Waals surface area (Å²) in [5.74, 6) is 0. The van der Waals surface area contributed by atoms with Crippen molar-refractivity contribution in [3.63, 3.8) is 0 Å². The van der Waals surface area contributed by atoms with Crippen LogP contribution >= 0.6 is 0 Å². The normalized spacial score (nSPS) is 21.0. The van der Waals surface area contributed by atoms with Crippen LogP contribution in [0.4, 0.5) is 11.4 Å². The SMILES string of the molecule is CCCN1/C(=C/C=C2\CCCC(/C=C/C3=[N+](CCC)c4ccccc4C3(C)C)=C2CCCCO)C(C)(C)c2ccccc21. The Labute approximate surface area is 261 Å². The molecule has 2 aromatic rings. The molecule has 0 saturated carbocycles. The number of hydrogen-bond donors (Lipinski definition) is 1. The summed E-state index contributed by atoms with van der Waals surface area (Å²) in [7, 11) is 0. The van der Waals surface area contributed by atoms with Crippen molar-refractivity contribution in [2.24, 2.45) is 0 Å². The Kier molecular flexibility index (Phi) is 9.61. The summed E-state index contributed by atoms with van der Waals surface area (Å²) in [6.45, 7) is 16.4. The van der Waals surface area contributed by atoms with Crippen molar-refractivity contribution in [1.29, 1.82) is 0 Å². The average molecular weight is 578 g/mol. The smallest absolute Gasteiger partial charge is 0.209 e. The molecule has 1 N–H and O–H groups in total. The fourth-order valence-corrected chi connectivity index (χ4v) is 7.65. The summed E-state index contributed by atoms with van der Waals surface area (Å²) < 4.78 is 2.55. The Morgan fingerprint density at radius 1 is 0.837 bits per heavy atom. The standard InChI is InChI=1S/C40H53N2O/c1-7-27-41-35-21-11-9-19-33(35)39(3,4)37(41)25-23-30-16-15-17-31(32(30)18-13-14-29-43)24-26-38-40(5,6)34-20-10-12-22-36(34)42(38)28-8-2/h9-12,19-26,43H,7-8,13-18,27-29H2,1-6H3/q+1. The van der Waals surface area contributed by atoms with Gasteiger partial charge >= 0.3 is 0 Å². The van der Waals surface area contributed by atoms with Gasteiger partial charge in [0.15, 0.2) is 5.71 Å². The lowest BCUT2D eigenvalue weighted by Gasteiger charge is -2.27. The van der Waals surface area contributed by atoms with Gasteiger partial charge in [-0.2, -0.15) is 4.58 Å². The van der Waals surface area contributed by atoms with Gasteiger partial charge in [0.1, 0.15) is 6.54 Å². The molecule has 3 aliphatic rings. The first-order valence-corrected chi connectivity index (χ1v) is 16.8. The maximum Gasteiger partial charge on any atom is 0.209 e. The van der Waals surface area contributed by atoms with Crippen LogP contribution in [0.15, 0.2) is 95.3 Å². The quantitative estimate of drug-likeness (QED) is 0.213. The van der Waals surface area contributed by atoms with E-state index in [1.54, 1.807) is 0 Å². The van der Waals surface area contributed by atoms with Gasteiger partial charge in [-0.05, 0) is 93.2 Å². The van der Waals surface area contributed by atoms with E-state index in [4.69, 9.17) is 0 Å². The minimum absolute atomic E-state index is 0.0244. The van der Waals surface area contributed by atoms with Gasteiger partial charge in [-0.1, -0.05) is 76.2 Å². The van der Waals surface area contributed by atoms with Gasteiger partial charge in [0.25, 0.3) is 0 Å². The monoisotopic (exact) mass is 577 g/mol. The lowest BCUT2D eigenvalue weighted by molar-refractivity contribution is -0.437. The van der Waals surface area contributed by atoms with Crippen LogP contribution in [0.2, 0.25) is 0 Å². The Bertz CT molecular complexity index is 1480. The highest BCUT2D eigenvalue weighted by Gasteiger charge is 2.44. The van der Waals surface area contributed by atoms with Crippen LogP contribution in [0.3, 0.4) is 0 Å². The molecule has 2 aromatic carbocycles. The number of benzene rings is 2. The molecule has 3 heteroatoms. The summed E-state index contributed by atoms with van der Waals surface area (Å²) in [6.07, 6.45) is 18.3. The molecule has 0 amide bonds. The molecular weight excluding hydrogens is 524 g/mol. The summed E-state index contributed by atoms with van der Waals surface area (Å²) in [4.78, 5) is 2.55. The van der Waals surface area contributed by atoms with Crippen molar-refractivity contribution in [3.8, 4) is 0 Å². The summed E-state index contributed by atoms with van der Waals surface area (Å²) in [6, 6.07) is 17.9. The molecule has 0 fully saturated rings. The maximum absolute atomic E-state index is 9.60. The van der Waals surface area contributed by atoms with Gasteiger partial charge in [0, 0.05) is 54.1 Å². The van der Waals surface area contributed by atoms with E-state index in [9.17, 15) is 5.11 Å². The van der Waals surface area contributed by atoms with Crippen LogP contribution in [-0.2, 0) is 10.8 Å². The van der Waals surface area contributed by atoms with Gasteiger partial charge in [-0.25, -0.2) is 0 Å². The molecule has 0 aromatic heterocycles. The Balaban J connectivity index is 1.55. The number of fused-ring (bicyclic) bond motifs is 2. The van der Waals surface area contributed by atoms with Crippen LogP contribution in [0.5, 0.6) is 0 Å². The predicted octanol–water partition coefficient (Wildman–Crippen LogP) is 9.69. The molecule has 5 rings (SSSR count). The highest BCUT2D eigenvalue weighted by molar-refractivity contribution is 6.03. The fourth-order valence-electron chi connectivity index (χ4n) is 7.65. The van der Waals surface area contributed by atoms with Gasteiger partial charge < -0.3 is 10.0 Å². The van der Waals surface area contributed by atoms with Crippen LogP contribution in [-0.4, -0.2) is 35.1 Å². The van der Waals surface area contributed by atoms with Crippen LogP contribution in [0, 0.1) is 0 Å². The van der Waals surface area contributed by atoms with Crippen LogP contribution in [0.25, 0.3) is 0 Å². The van der Waals surface area contributed by atoms with Gasteiger partial charge in [-0.3, -0.25) is 0 Å². The van der Waals surface area contributed by atoms with Gasteiger partial charge in [-0.15, -0.1) is 0 Å². The first kappa shape index (κ1) is 31.3. The van der Waals surface area contributed by atoms with Crippen molar-refractivity contribution < 1.29 is 9.68 Å². The zero-order chi connectivity index (χ0) is 30.6. The van der Waals surface area contributed by atoms with E-state index >= 15 is 0 Å². The topological polar surface area (TPSA) is 26.5 Å². The molecule has 0 radical (unpaired) electrons. The molecule has 2 heterocycles. The fraction of sp³-hybridized carbons (Fsp3) is 0.475. The second kappa shape index (κ2) is 13.2. The molecule has 1 aliphatic carbocycles. The van der Waals surface area contributed by atoms with Gasteiger partial charge in [0.05, 0.1) is 5.41 Å². The second-order valence-electron chi connectivity index (χ2n) is 13.6. The molecule has 2 aliphatic heterocycles. The summed E-state index contributed by atoms with van der Waals surface area (Å²) in [5.41, 5.74) is 12.8. The van der Waals surface area contributed by atoms with E-state index in [0.717, 1.165) is 58.0 Å². The molecule has 3 nitrogen and oxygen atoms in total. The highest BCUT2D eigenvalue weighted by atomic mass is 16.2. The number of unbranched alkanes of at least 4 members (excludes halogenated alkanes) is 1. The van der Waals surface area contributed by atoms with Crippen LogP contribution < -0.4 is 4.90 Å². The van der Waals surface area contributed by atoms with Gasteiger partial charge in [0.2, 0.25) is 5.69 Å². The zero-order valence-electron chi connectivity index (χ0n) is 27.5. The first-order valence-electron chi connectivity index (χ1n) is 16.8. The van der Waals surface area contributed by atoms with Crippen molar-refractivity contribution in [3.05, 3.63) is 106 Å². The van der Waals surface area contributed by atoms with E-state index < -0.39 is 0 Å². The lowest BCUT2D eigenvalue weighted by Crippen LogP contribution is -2.28. The highest BCUT2D eigenvalue weighted by Crippen LogP contribution is 2.48. The number of para-hydroxylation sites is 2. The molecule has 43 heavy (non-hydrogen) atoms. The van der Waals surface area contributed by atoms with Crippen molar-refractivity contribution in [2.75, 3.05) is 24.6 Å². The van der Waals surface area contributed by atoms with E-state index in [2.05, 4.69) is 124 Å². The number of nitrogens with zero attached hydrogens (tertiary/aromatic N) is 2. The predicted molar refractivity (Wildman–Crippen MR) is 184 cm³/mol. The number of hydrogen-bond acceptors (Lipinski definition) is 2. The van der Waals surface area contributed by atoms with E-state index in [0.29, 0.717) is 0 Å². The molecule has 0 bridgehead atoms. The van der Waals surface area contributed by atoms with E-state index in [-0.39, 0.29) is 17.4 Å².